The van der Waals surface area contributed by atoms with Crippen LogP contribution in [0.2, 0.25) is 0 Å². The topological polar surface area (TPSA) is 29.5 Å². The maximum Gasteiger partial charge on any atom is 0.135 e. The standard InChI is InChI=1S/C16H15F3O2/c1-9(2)21-12-5-3-4-10(6-12)16(20)15-13(18)7-11(17)8-14(15)19/h3-9,16,20H,1-2H3. The van der Waals surface area contributed by atoms with Crippen LogP contribution in [0.3, 0.4) is 0 Å². The number of aliphatic hydroxyl groups is 1. The molecule has 2 aromatic carbocycles. The molecule has 0 saturated heterocycles. The molecule has 0 fully saturated rings. The van der Waals surface area contributed by atoms with E-state index in [0.717, 1.165) is 0 Å². The second-order valence-electron chi connectivity index (χ2n) is 4.92. The molecular formula is C16H15F3O2. The molecule has 1 atom stereocenters. The molecule has 1 N–H and O–H groups in total. The van der Waals surface area contributed by atoms with Gasteiger partial charge in [0.05, 0.1) is 11.7 Å². The molecule has 0 saturated carbocycles. The molecule has 0 amide bonds. The van der Waals surface area contributed by atoms with Crippen LogP contribution in [0.4, 0.5) is 13.2 Å². The van der Waals surface area contributed by atoms with Crippen molar-refractivity contribution in [2.45, 2.75) is 26.1 Å². The van der Waals surface area contributed by atoms with Gasteiger partial charge in [-0.05, 0) is 31.5 Å². The van der Waals surface area contributed by atoms with Gasteiger partial charge in [-0.25, -0.2) is 13.2 Å². The Hall–Kier alpha value is -2.01. The molecule has 5 heteroatoms. The number of aliphatic hydroxyl groups excluding tert-OH is 1. The number of ether oxygens (including phenoxy) is 1. The van der Waals surface area contributed by atoms with Crippen molar-refractivity contribution in [2.24, 2.45) is 0 Å². The zero-order chi connectivity index (χ0) is 15.6. The summed E-state index contributed by atoms with van der Waals surface area (Å²) in [6, 6.07) is 7.36. The molecule has 2 aromatic rings. The summed E-state index contributed by atoms with van der Waals surface area (Å²) in [4.78, 5) is 0. The summed E-state index contributed by atoms with van der Waals surface area (Å²) < 4.78 is 45.7. The van der Waals surface area contributed by atoms with Crippen LogP contribution in [0.1, 0.15) is 31.1 Å². The van der Waals surface area contributed by atoms with Gasteiger partial charge in [0.15, 0.2) is 0 Å². The average molecular weight is 296 g/mol. The zero-order valence-electron chi connectivity index (χ0n) is 11.6. The molecular weight excluding hydrogens is 281 g/mol. The molecule has 0 radical (unpaired) electrons. The summed E-state index contributed by atoms with van der Waals surface area (Å²) >= 11 is 0. The SMILES string of the molecule is CC(C)Oc1cccc(C(O)c2c(F)cc(F)cc2F)c1. The number of halogens is 3. The highest BCUT2D eigenvalue weighted by Crippen LogP contribution is 2.29. The first-order chi connectivity index (χ1) is 9.88. The van der Waals surface area contributed by atoms with Gasteiger partial charge in [0.1, 0.15) is 29.3 Å². The first-order valence-electron chi connectivity index (χ1n) is 6.47. The molecule has 0 aliphatic heterocycles. The normalized spacial score (nSPS) is 12.5. The quantitative estimate of drug-likeness (QED) is 0.925. The summed E-state index contributed by atoms with van der Waals surface area (Å²) in [7, 11) is 0. The fourth-order valence-corrected chi connectivity index (χ4v) is 2.01. The van der Waals surface area contributed by atoms with E-state index in [-0.39, 0.29) is 11.7 Å². The summed E-state index contributed by atoms with van der Waals surface area (Å²) in [5, 5.41) is 10.1. The molecule has 0 aromatic heterocycles. The predicted molar refractivity (Wildman–Crippen MR) is 72.6 cm³/mol. The first kappa shape index (κ1) is 15.4. The lowest BCUT2D eigenvalue weighted by Gasteiger charge is -2.16. The highest BCUT2D eigenvalue weighted by molar-refractivity contribution is 5.36. The molecule has 1 unspecified atom stereocenters. The number of hydrogen-bond acceptors (Lipinski definition) is 2. The predicted octanol–water partition coefficient (Wildman–Crippen LogP) is 3.97. The molecule has 0 heterocycles. The fourth-order valence-electron chi connectivity index (χ4n) is 2.01. The molecule has 0 spiro atoms. The Morgan fingerprint density at radius 1 is 1.00 bits per heavy atom. The van der Waals surface area contributed by atoms with Crippen molar-refractivity contribution in [3.05, 3.63) is 65.0 Å². The Bertz CT molecular complexity index is 618. The van der Waals surface area contributed by atoms with Crippen molar-refractivity contribution in [1.29, 1.82) is 0 Å². The van der Waals surface area contributed by atoms with E-state index >= 15 is 0 Å². The fraction of sp³-hybridized carbons (Fsp3) is 0.250. The number of hydrogen-bond donors (Lipinski definition) is 1. The van der Waals surface area contributed by atoms with Gasteiger partial charge in [-0.15, -0.1) is 0 Å². The van der Waals surface area contributed by atoms with Crippen molar-refractivity contribution in [3.8, 4) is 5.75 Å². The van der Waals surface area contributed by atoms with Crippen LogP contribution in [0.25, 0.3) is 0 Å². The second-order valence-corrected chi connectivity index (χ2v) is 4.92. The Balaban J connectivity index is 2.38. The van der Waals surface area contributed by atoms with Crippen LogP contribution in [0, 0.1) is 17.5 Å². The van der Waals surface area contributed by atoms with Gasteiger partial charge < -0.3 is 9.84 Å². The summed E-state index contributed by atoms with van der Waals surface area (Å²) in [6.07, 6.45) is -1.61. The second kappa shape index (κ2) is 6.18. The maximum absolute atomic E-state index is 13.7. The van der Waals surface area contributed by atoms with Crippen molar-refractivity contribution in [3.63, 3.8) is 0 Å². The lowest BCUT2D eigenvalue weighted by atomic mass is 10.00. The maximum atomic E-state index is 13.7. The average Bonchev–Trinajstić information content (AvgIpc) is 2.36. The van der Waals surface area contributed by atoms with Gasteiger partial charge in [-0.3, -0.25) is 0 Å². The van der Waals surface area contributed by atoms with Gasteiger partial charge >= 0.3 is 0 Å². The van der Waals surface area contributed by atoms with Crippen LogP contribution < -0.4 is 4.74 Å². The third-order valence-electron chi connectivity index (χ3n) is 2.86. The summed E-state index contributed by atoms with van der Waals surface area (Å²) in [5.74, 6) is -2.81. The van der Waals surface area contributed by atoms with E-state index in [1.54, 1.807) is 12.1 Å². The van der Waals surface area contributed by atoms with Gasteiger partial charge in [-0.2, -0.15) is 0 Å². The molecule has 112 valence electrons. The van der Waals surface area contributed by atoms with Gasteiger partial charge in [0, 0.05) is 12.1 Å². The van der Waals surface area contributed by atoms with E-state index in [1.807, 2.05) is 13.8 Å². The van der Waals surface area contributed by atoms with Crippen molar-refractivity contribution >= 4 is 0 Å². The first-order valence-corrected chi connectivity index (χ1v) is 6.47. The summed E-state index contributed by atoms with van der Waals surface area (Å²) in [6.45, 7) is 3.67. The highest BCUT2D eigenvalue weighted by Gasteiger charge is 2.21. The van der Waals surface area contributed by atoms with Crippen LogP contribution in [-0.2, 0) is 0 Å². The lowest BCUT2D eigenvalue weighted by molar-refractivity contribution is 0.206. The van der Waals surface area contributed by atoms with E-state index in [1.165, 1.54) is 12.1 Å². The number of benzene rings is 2. The third kappa shape index (κ3) is 3.55. The zero-order valence-corrected chi connectivity index (χ0v) is 11.6. The largest absolute Gasteiger partial charge is 0.491 e. The van der Waals surface area contributed by atoms with Gasteiger partial charge in [0.2, 0.25) is 0 Å². The molecule has 0 bridgehead atoms. The van der Waals surface area contributed by atoms with Crippen molar-refractivity contribution in [2.75, 3.05) is 0 Å². The Morgan fingerprint density at radius 2 is 1.62 bits per heavy atom. The smallest absolute Gasteiger partial charge is 0.135 e. The number of rotatable bonds is 4. The van der Waals surface area contributed by atoms with Crippen LogP contribution >= 0.6 is 0 Å². The third-order valence-corrected chi connectivity index (χ3v) is 2.86. The van der Waals surface area contributed by atoms with Crippen LogP contribution in [0.5, 0.6) is 5.75 Å². The van der Waals surface area contributed by atoms with Gasteiger partial charge in [0.25, 0.3) is 0 Å². The Labute approximate surface area is 120 Å². The van der Waals surface area contributed by atoms with Gasteiger partial charge in [-0.1, -0.05) is 12.1 Å². The van der Waals surface area contributed by atoms with Crippen molar-refractivity contribution < 1.29 is 23.0 Å². The van der Waals surface area contributed by atoms with Crippen LogP contribution in [-0.4, -0.2) is 11.2 Å². The minimum absolute atomic E-state index is 0.0725. The van der Waals surface area contributed by atoms with E-state index < -0.39 is 29.1 Å². The van der Waals surface area contributed by atoms with E-state index in [0.29, 0.717) is 17.9 Å². The van der Waals surface area contributed by atoms with E-state index in [2.05, 4.69) is 0 Å². The Kier molecular flexibility index (Phi) is 4.53. The molecule has 2 rings (SSSR count). The van der Waals surface area contributed by atoms with E-state index in [9.17, 15) is 18.3 Å². The molecule has 0 aliphatic carbocycles. The molecule has 21 heavy (non-hydrogen) atoms. The Morgan fingerprint density at radius 3 is 2.19 bits per heavy atom. The minimum atomic E-state index is -1.54. The van der Waals surface area contributed by atoms with Crippen molar-refractivity contribution in [1.82, 2.24) is 0 Å². The monoisotopic (exact) mass is 296 g/mol. The molecule has 2 nitrogen and oxygen atoms in total. The summed E-state index contributed by atoms with van der Waals surface area (Å²) in [5.41, 5.74) is -0.323. The van der Waals surface area contributed by atoms with Crippen LogP contribution in [0.15, 0.2) is 36.4 Å². The minimum Gasteiger partial charge on any atom is -0.491 e. The highest BCUT2D eigenvalue weighted by atomic mass is 19.1. The van der Waals surface area contributed by atoms with E-state index in [4.69, 9.17) is 4.74 Å². The lowest BCUT2D eigenvalue weighted by Crippen LogP contribution is -2.08. The molecule has 0 aliphatic rings.